The van der Waals surface area contributed by atoms with E-state index in [9.17, 15) is 9.59 Å². The van der Waals surface area contributed by atoms with Crippen molar-refractivity contribution in [2.75, 3.05) is 27.2 Å². The number of benzene rings is 1. The predicted octanol–water partition coefficient (Wildman–Crippen LogP) is 2.34. The van der Waals surface area contributed by atoms with Crippen LogP contribution in [0.25, 0.3) is 0 Å². The molecule has 1 heterocycles. The second-order valence-electron chi connectivity index (χ2n) is 7.76. The van der Waals surface area contributed by atoms with E-state index in [1.165, 1.54) is 0 Å². The van der Waals surface area contributed by atoms with Crippen LogP contribution in [0.4, 0.5) is 4.79 Å². The van der Waals surface area contributed by atoms with Crippen LogP contribution < -0.4 is 16.0 Å². The van der Waals surface area contributed by atoms with Gasteiger partial charge in [-0.25, -0.2) is 4.79 Å². The van der Waals surface area contributed by atoms with Gasteiger partial charge in [-0.15, -0.1) is 24.0 Å². The number of carbonyl (C=O) groups is 2. The third-order valence-electron chi connectivity index (χ3n) is 4.29. The van der Waals surface area contributed by atoms with Gasteiger partial charge in [0, 0.05) is 39.3 Å². The maximum atomic E-state index is 12.0. The van der Waals surface area contributed by atoms with Gasteiger partial charge in [0.05, 0.1) is 6.04 Å². The number of alkyl carbamates (subject to hydrolysis) is 1. The number of hydrogen-bond acceptors (Lipinski definition) is 4. The Labute approximate surface area is 189 Å². The van der Waals surface area contributed by atoms with Gasteiger partial charge in [-0.2, -0.15) is 0 Å². The zero-order valence-corrected chi connectivity index (χ0v) is 20.1. The van der Waals surface area contributed by atoms with Crippen molar-refractivity contribution in [1.82, 2.24) is 20.9 Å². The minimum atomic E-state index is -0.511. The van der Waals surface area contributed by atoms with Crippen molar-refractivity contribution in [3.05, 3.63) is 35.4 Å². The number of halogens is 1. The van der Waals surface area contributed by atoms with Crippen LogP contribution >= 0.6 is 24.0 Å². The van der Waals surface area contributed by atoms with Gasteiger partial charge in [-0.1, -0.05) is 12.1 Å². The van der Waals surface area contributed by atoms with Crippen LogP contribution in [0.3, 0.4) is 0 Å². The molecule has 1 aliphatic heterocycles. The molecule has 0 aliphatic carbocycles. The minimum absolute atomic E-state index is 0. The molecule has 1 aliphatic rings. The fourth-order valence-electron chi connectivity index (χ4n) is 3.02. The number of carbonyl (C=O) groups excluding carboxylic acids is 2. The molecule has 1 fully saturated rings. The molecule has 29 heavy (non-hydrogen) atoms. The summed E-state index contributed by atoms with van der Waals surface area (Å²) >= 11 is 0. The van der Waals surface area contributed by atoms with Crippen molar-refractivity contribution >= 4 is 41.9 Å². The van der Waals surface area contributed by atoms with Gasteiger partial charge >= 0.3 is 6.09 Å². The Morgan fingerprint density at radius 1 is 1.31 bits per heavy atom. The highest BCUT2D eigenvalue weighted by Crippen LogP contribution is 2.12. The maximum Gasteiger partial charge on any atom is 0.407 e. The molecule has 1 saturated heterocycles. The van der Waals surface area contributed by atoms with Gasteiger partial charge in [-0.3, -0.25) is 9.79 Å². The number of nitrogens with one attached hydrogen (secondary N) is 3. The van der Waals surface area contributed by atoms with Crippen LogP contribution in [0.2, 0.25) is 0 Å². The first-order chi connectivity index (χ1) is 13.2. The molecule has 8 nitrogen and oxygen atoms in total. The first kappa shape index (κ1) is 25.0. The third-order valence-corrected chi connectivity index (χ3v) is 4.29. The highest BCUT2D eigenvalue weighted by atomic mass is 127. The van der Waals surface area contributed by atoms with Crippen LogP contribution in [0.5, 0.6) is 0 Å². The maximum absolute atomic E-state index is 12.0. The van der Waals surface area contributed by atoms with E-state index in [0.717, 1.165) is 24.5 Å². The highest BCUT2D eigenvalue weighted by Gasteiger charge is 2.27. The Balaban J connectivity index is 0.00000420. The summed E-state index contributed by atoms with van der Waals surface area (Å²) in [4.78, 5) is 30.2. The number of likely N-dealkylation sites (tertiary alicyclic amines) is 1. The standard InChI is InChI=1S/C20H31N5O3.HI/c1-20(2,3)28-19(27)24-16-9-10-25(13-16)18(22-5)23-12-14-7-6-8-15(11-14)17(26)21-4;/h6-8,11,16H,9-10,12-13H2,1-5H3,(H,21,26)(H,22,23)(H,24,27);1H. The number of guanidine groups is 1. The summed E-state index contributed by atoms with van der Waals surface area (Å²) in [5.74, 6) is 0.653. The van der Waals surface area contributed by atoms with Gasteiger partial charge in [0.1, 0.15) is 5.60 Å². The molecule has 1 aromatic carbocycles. The second kappa shape index (κ2) is 11.2. The quantitative estimate of drug-likeness (QED) is 0.324. The molecule has 9 heteroatoms. The van der Waals surface area contributed by atoms with E-state index in [-0.39, 0.29) is 35.9 Å². The molecule has 0 aromatic heterocycles. The fraction of sp³-hybridized carbons (Fsp3) is 0.550. The lowest BCUT2D eigenvalue weighted by Gasteiger charge is -2.23. The molecule has 162 valence electrons. The van der Waals surface area contributed by atoms with Gasteiger partial charge in [0.15, 0.2) is 5.96 Å². The van der Waals surface area contributed by atoms with Gasteiger partial charge in [0.25, 0.3) is 5.91 Å². The minimum Gasteiger partial charge on any atom is -0.444 e. The van der Waals surface area contributed by atoms with Crippen molar-refractivity contribution in [1.29, 1.82) is 0 Å². The average Bonchev–Trinajstić information content (AvgIpc) is 3.08. The zero-order chi connectivity index (χ0) is 20.7. The van der Waals surface area contributed by atoms with Crippen LogP contribution in [0.1, 0.15) is 43.1 Å². The molecular formula is C20H32IN5O3. The molecule has 1 aromatic rings. The molecule has 0 saturated carbocycles. The molecular weight excluding hydrogens is 485 g/mol. The van der Waals surface area contributed by atoms with Gasteiger partial charge in [0.2, 0.25) is 0 Å². The normalized spacial score (nSPS) is 16.7. The summed E-state index contributed by atoms with van der Waals surface area (Å²) in [6.07, 6.45) is 0.430. The predicted molar refractivity (Wildman–Crippen MR) is 125 cm³/mol. The number of hydrogen-bond donors (Lipinski definition) is 3. The first-order valence-electron chi connectivity index (χ1n) is 9.48. The van der Waals surface area contributed by atoms with E-state index >= 15 is 0 Å². The van der Waals surface area contributed by atoms with E-state index in [4.69, 9.17) is 4.74 Å². The number of nitrogens with zero attached hydrogens (tertiary/aromatic N) is 2. The van der Waals surface area contributed by atoms with Crippen molar-refractivity contribution in [2.24, 2.45) is 4.99 Å². The number of rotatable bonds is 4. The van der Waals surface area contributed by atoms with Crippen molar-refractivity contribution < 1.29 is 14.3 Å². The third kappa shape index (κ3) is 8.08. The Hall–Kier alpha value is -2.04. The molecule has 1 unspecified atom stereocenters. The molecule has 1 atom stereocenters. The lowest BCUT2D eigenvalue weighted by Crippen LogP contribution is -2.44. The van der Waals surface area contributed by atoms with Crippen molar-refractivity contribution in [3.63, 3.8) is 0 Å². The molecule has 0 spiro atoms. The van der Waals surface area contributed by atoms with Crippen molar-refractivity contribution in [2.45, 2.75) is 45.4 Å². The summed E-state index contributed by atoms with van der Waals surface area (Å²) < 4.78 is 5.32. The molecule has 2 rings (SSSR count). The Bertz CT molecular complexity index is 733. The Morgan fingerprint density at radius 3 is 2.66 bits per heavy atom. The van der Waals surface area contributed by atoms with Gasteiger partial charge < -0.3 is 25.6 Å². The zero-order valence-electron chi connectivity index (χ0n) is 17.7. The second-order valence-corrected chi connectivity index (χ2v) is 7.76. The molecule has 2 amide bonds. The monoisotopic (exact) mass is 517 g/mol. The van der Waals surface area contributed by atoms with Crippen LogP contribution in [-0.2, 0) is 11.3 Å². The van der Waals surface area contributed by atoms with Crippen molar-refractivity contribution in [3.8, 4) is 0 Å². The summed E-state index contributed by atoms with van der Waals surface area (Å²) in [6, 6.07) is 7.48. The largest absolute Gasteiger partial charge is 0.444 e. The summed E-state index contributed by atoms with van der Waals surface area (Å²) in [5, 5.41) is 8.87. The number of aliphatic imine (C=N–C) groups is 1. The van der Waals surface area contributed by atoms with E-state index in [0.29, 0.717) is 18.7 Å². The van der Waals surface area contributed by atoms with E-state index < -0.39 is 11.7 Å². The van der Waals surface area contributed by atoms with E-state index in [2.05, 4.69) is 25.8 Å². The number of ether oxygens (including phenoxy) is 1. The molecule has 0 bridgehead atoms. The Kier molecular flexibility index (Phi) is 9.67. The SMILES string of the molecule is CN=C(NCc1cccc(C(=O)NC)c1)N1CCC(NC(=O)OC(C)(C)C)C1.I. The highest BCUT2D eigenvalue weighted by molar-refractivity contribution is 14.0. The summed E-state index contributed by atoms with van der Waals surface area (Å²) in [6.45, 7) is 7.54. The Morgan fingerprint density at radius 2 is 2.03 bits per heavy atom. The van der Waals surface area contributed by atoms with E-state index in [1.54, 1.807) is 20.2 Å². The van der Waals surface area contributed by atoms with E-state index in [1.807, 2.05) is 39.0 Å². The smallest absolute Gasteiger partial charge is 0.407 e. The lowest BCUT2D eigenvalue weighted by atomic mass is 10.1. The fourth-order valence-corrected chi connectivity index (χ4v) is 3.02. The average molecular weight is 517 g/mol. The van der Waals surface area contributed by atoms with Crippen LogP contribution in [0.15, 0.2) is 29.3 Å². The molecule has 0 radical (unpaired) electrons. The topological polar surface area (TPSA) is 95.1 Å². The summed E-state index contributed by atoms with van der Waals surface area (Å²) in [7, 11) is 3.35. The first-order valence-corrected chi connectivity index (χ1v) is 9.48. The number of amides is 2. The van der Waals surface area contributed by atoms with Crippen LogP contribution in [0, 0.1) is 0 Å². The van der Waals surface area contributed by atoms with Crippen LogP contribution in [-0.4, -0.2) is 61.7 Å². The summed E-state index contributed by atoms with van der Waals surface area (Å²) in [5.41, 5.74) is 1.10. The molecule has 3 N–H and O–H groups in total. The van der Waals surface area contributed by atoms with Gasteiger partial charge in [-0.05, 0) is 44.9 Å². The lowest BCUT2D eigenvalue weighted by molar-refractivity contribution is 0.0507.